The predicted octanol–water partition coefficient (Wildman–Crippen LogP) is 4.46. The lowest BCUT2D eigenvalue weighted by molar-refractivity contribution is 0.159. The van der Waals surface area contributed by atoms with Crippen LogP contribution in [0.25, 0.3) is 10.8 Å². The van der Waals surface area contributed by atoms with Gasteiger partial charge in [-0.1, -0.05) is 42.5 Å². The number of nitrogens with zero attached hydrogens (tertiary/aromatic N) is 1. The Morgan fingerprint density at radius 2 is 1.65 bits per heavy atom. The molecule has 0 aromatic heterocycles. The van der Waals surface area contributed by atoms with Gasteiger partial charge in [0.2, 0.25) is 0 Å². The van der Waals surface area contributed by atoms with Crippen LogP contribution in [-0.4, -0.2) is 5.11 Å². The minimum absolute atomic E-state index is 0.0916. The number of rotatable bonds is 3. The van der Waals surface area contributed by atoms with Crippen molar-refractivity contribution in [2.45, 2.75) is 12.0 Å². The molecule has 0 fully saturated rings. The van der Waals surface area contributed by atoms with Gasteiger partial charge in [0, 0.05) is 11.6 Å². The third kappa shape index (κ3) is 2.92. The van der Waals surface area contributed by atoms with Crippen LogP contribution in [0.2, 0.25) is 0 Å². The molecule has 2 nitrogen and oxygen atoms in total. The fourth-order valence-corrected chi connectivity index (χ4v) is 2.65. The highest BCUT2D eigenvalue weighted by Gasteiger charge is 2.25. The van der Waals surface area contributed by atoms with E-state index < -0.39 is 23.7 Å². The Balaban J connectivity index is 2.02. The van der Waals surface area contributed by atoms with Gasteiger partial charge in [0.25, 0.3) is 0 Å². The molecule has 114 valence electrons. The van der Waals surface area contributed by atoms with Crippen LogP contribution < -0.4 is 0 Å². The highest BCUT2D eigenvalue weighted by atomic mass is 19.1. The van der Waals surface area contributed by atoms with Crippen molar-refractivity contribution in [2.24, 2.45) is 0 Å². The quantitative estimate of drug-likeness (QED) is 0.776. The van der Waals surface area contributed by atoms with E-state index in [0.717, 1.165) is 16.8 Å². The normalized spacial score (nSPS) is 13.5. The molecule has 3 aromatic rings. The molecule has 0 amide bonds. The van der Waals surface area contributed by atoms with Gasteiger partial charge >= 0.3 is 0 Å². The molecule has 0 radical (unpaired) electrons. The Bertz CT molecular complexity index is 901. The van der Waals surface area contributed by atoms with Crippen molar-refractivity contribution in [3.05, 3.63) is 83.4 Å². The van der Waals surface area contributed by atoms with Crippen LogP contribution in [-0.2, 0) is 0 Å². The largest absolute Gasteiger partial charge is 0.387 e. The zero-order valence-corrected chi connectivity index (χ0v) is 12.1. The first kappa shape index (κ1) is 15.1. The minimum Gasteiger partial charge on any atom is -0.387 e. The van der Waals surface area contributed by atoms with E-state index >= 15 is 0 Å². The second kappa shape index (κ2) is 6.15. The van der Waals surface area contributed by atoms with Crippen molar-refractivity contribution in [3.8, 4) is 6.07 Å². The first-order chi connectivity index (χ1) is 11.1. The number of halogens is 2. The second-order valence-electron chi connectivity index (χ2n) is 5.32. The van der Waals surface area contributed by atoms with Gasteiger partial charge in [-0.3, -0.25) is 0 Å². The lowest BCUT2D eigenvalue weighted by Gasteiger charge is -2.18. The Morgan fingerprint density at radius 1 is 0.913 bits per heavy atom. The molecule has 0 heterocycles. The molecule has 23 heavy (non-hydrogen) atoms. The summed E-state index contributed by atoms with van der Waals surface area (Å²) in [6.45, 7) is 0. The van der Waals surface area contributed by atoms with Crippen molar-refractivity contribution in [1.29, 1.82) is 5.26 Å². The summed E-state index contributed by atoms with van der Waals surface area (Å²) < 4.78 is 26.9. The molecular formula is C19H13F2NO. The number of fused-ring (bicyclic) bond motifs is 1. The summed E-state index contributed by atoms with van der Waals surface area (Å²) in [6.07, 6.45) is -1.37. The van der Waals surface area contributed by atoms with Gasteiger partial charge in [-0.2, -0.15) is 5.26 Å². The highest BCUT2D eigenvalue weighted by Crippen LogP contribution is 2.33. The predicted molar refractivity (Wildman–Crippen MR) is 83.6 cm³/mol. The van der Waals surface area contributed by atoms with Gasteiger partial charge < -0.3 is 5.11 Å². The molecule has 2 unspecified atom stereocenters. The van der Waals surface area contributed by atoms with Gasteiger partial charge in [-0.15, -0.1) is 0 Å². The number of aliphatic hydroxyl groups is 1. The van der Waals surface area contributed by atoms with E-state index in [-0.39, 0.29) is 5.56 Å². The van der Waals surface area contributed by atoms with Crippen LogP contribution in [0.15, 0.2) is 60.7 Å². The van der Waals surface area contributed by atoms with E-state index in [2.05, 4.69) is 0 Å². The summed E-state index contributed by atoms with van der Waals surface area (Å²) in [5.41, 5.74) is 0.494. The second-order valence-corrected chi connectivity index (χ2v) is 5.32. The molecule has 0 spiro atoms. The summed E-state index contributed by atoms with van der Waals surface area (Å²) in [6, 6.07) is 18.0. The molecule has 2 atom stereocenters. The van der Waals surface area contributed by atoms with E-state index in [1.807, 2.05) is 36.4 Å². The van der Waals surface area contributed by atoms with Gasteiger partial charge in [0.15, 0.2) is 0 Å². The smallest absolute Gasteiger partial charge is 0.131 e. The van der Waals surface area contributed by atoms with E-state index in [9.17, 15) is 19.1 Å². The van der Waals surface area contributed by atoms with E-state index in [4.69, 9.17) is 0 Å². The van der Waals surface area contributed by atoms with Gasteiger partial charge in [-0.05, 0) is 28.5 Å². The topological polar surface area (TPSA) is 44.0 Å². The van der Waals surface area contributed by atoms with Crippen molar-refractivity contribution in [1.82, 2.24) is 0 Å². The monoisotopic (exact) mass is 309 g/mol. The van der Waals surface area contributed by atoms with Crippen LogP contribution in [0, 0.1) is 23.0 Å². The van der Waals surface area contributed by atoms with Crippen LogP contribution in [0.1, 0.15) is 23.1 Å². The standard InChI is InChI=1S/C19H13F2NO/c20-15-7-8-16(18(21)10-15)19(23)17(11-22)14-6-5-12-3-1-2-4-13(12)9-14/h1-10,17,19,23H. The van der Waals surface area contributed by atoms with Crippen molar-refractivity contribution < 1.29 is 13.9 Å². The first-order valence-electron chi connectivity index (χ1n) is 7.11. The Labute approximate surface area is 132 Å². The summed E-state index contributed by atoms with van der Waals surface area (Å²) >= 11 is 0. The fourth-order valence-electron chi connectivity index (χ4n) is 2.65. The maximum Gasteiger partial charge on any atom is 0.131 e. The van der Waals surface area contributed by atoms with E-state index in [1.165, 1.54) is 6.07 Å². The molecule has 3 aromatic carbocycles. The zero-order valence-electron chi connectivity index (χ0n) is 12.1. The Morgan fingerprint density at radius 3 is 2.35 bits per heavy atom. The average Bonchev–Trinajstić information content (AvgIpc) is 2.55. The van der Waals surface area contributed by atoms with Crippen LogP contribution in [0.5, 0.6) is 0 Å². The molecular weight excluding hydrogens is 296 g/mol. The SMILES string of the molecule is N#CC(c1ccc2ccccc2c1)C(O)c1ccc(F)cc1F. The van der Waals surface area contributed by atoms with Gasteiger partial charge in [-0.25, -0.2) is 8.78 Å². The molecule has 1 N–H and O–H groups in total. The molecule has 4 heteroatoms. The van der Waals surface area contributed by atoms with Crippen LogP contribution >= 0.6 is 0 Å². The summed E-state index contributed by atoms with van der Waals surface area (Å²) in [5, 5.41) is 21.8. The highest BCUT2D eigenvalue weighted by molar-refractivity contribution is 5.83. The number of benzene rings is 3. The van der Waals surface area contributed by atoms with Crippen LogP contribution in [0.3, 0.4) is 0 Å². The molecule has 0 saturated carbocycles. The molecule has 0 aliphatic rings. The summed E-state index contributed by atoms with van der Waals surface area (Å²) in [5.74, 6) is -2.53. The van der Waals surface area contributed by atoms with Gasteiger partial charge in [0.05, 0.1) is 6.07 Å². The maximum absolute atomic E-state index is 13.9. The number of hydrogen-bond donors (Lipinski definition) is 1. The lowest BCUT2D eigenvalue weighted by Crippen LogP contribution is -2.11. The average molecular weight is 309 g/mol. The number of nitriles is 1. The van der Waals surface area contributed by atoms with E-state index in [0.29, 0.717) is 11.6 Å². The minimum atomic E-state index is -1.37. The third-order valence-electron chi connectivity index (χ3n) is 3.87. The zero-order chi connectivity index (χ0) is 16.4. The fraction of sp³-hybridized carbons (Fsp3) is 0.105. The molecule has 0 aliphatic heterocycles. The van der Waals surface area contributed by atoms with E-state index in [1.54, 1.807) is 12.1 Å². The number of hydrogen-bond acceptors (Lipinski definition) is 2. The third-order valence-corrected chi connectivity index (χ3v) is 3.87. The molecule has 0 bridgehead atoms. The molecule has 3 rings (SSSR count). The maximum atomic E-state index is 13.9. The first-order valence-corrected chi connectivity index (χ1v) is 7.11. The molecule has 0 saturated heterocycles. The van der Waals surface area contributed by atoms with Crippen LogP contribution in [0.4, 0.5) is 8.78 Å². The van der Waals surface area contributed by atoms with Gasteiger partial charge in [0.1, 0.15) is 23.7 Å². The summed E-state index contributed by atoms with van der Waals surface area (Å²) in [4.78, 5) is 0. The van der Waals surface area contributed by atoms with Crippen molar-refractivity contribution in [3.63, 3.8) is 0 Å². The molecule has 0 aliphatic carbocycles. The van der Waals surface area contributed by atoms with Crippen molar-refractivity contribution in [2.75, 3.05) is 0 Å². The number of aliphatic hydroxyl groups excluding tert-OH is 1. The Kier molecular flexibility index (Phi) is 4.05. The Hall–Kier alpha value is -2.77. The lowest BCUT2D eigenvalue weighted by atomic mass is 9.89. The summed E-state index contributed by atoms with van der Waals surface area (Å²) in [7, 11) is 0. The van der Waals surface area contributed by atoms with Crippen molar-refractivity contribution >= 4 is 10.8 Å².